The van der Waals surface area contributed by atoms with Gasteiger partial charge < -0.3 is 14.7 Å². The first-order chi connectivity index (χ1) is 9.99. The third-order valence-electron chi connectivity index (χ3n) is 3.34. The minimum Gasteiger partial charge on any atom is -0.480 e. The number of aliphatic carboxylic acids is 1. The molecule has 2 rings (SSSR count). The molecule has 0 aromatic heterocycles. The number of carbonyl (C=O) groups excluding carboxylic acids is 1. The van der Waals surface area contributed by atoms with Crippen molar-refractivity contribution in [3.8, 4) is 0 Å². The number of hydrogen-bond acceptors (Lipinski definition) is 3. The summed E-state index contributed by atoms with van der Waals surface area (Å²) in [4.78, 5) is 24.2. The molecule has 1 amide bonds. The van der Waals surface area contributed by atoms with Gasteiger partial charge in [-0.3, -0.25) is 4.79 Å². The molecule has 1 heterocycles. The van der Waals surface area contributed by atoms with E-state index < -0.39 is 12.6 Å². The van der Waals surface area contributed by atoms with Crippen molar-refractivity contribution in [2.75, 3.05) is 19.8 Å². The lowest BCUT2D eigenvalue weighted by molar-refractivity contribution is -0.146. The minimum absolute atomic E-state index is 0.142. The normalized spacial score (nSPS) is 18.0. The summed E-state index contributed by atoms with van der Waals surface area (Å²) in [5, 5.41) is 9.64. The Bertz CT molecular complexity index is 550. The first-order valence-electron chi connectivity index (χ1n) is 6.53. The molecule has 1 saturated heterocycles. The van der Waals surface area contributed by atoms with Crippen LogP contribution in [0.2, 0.25) is 10.0 Å². The zero-order chi connectivity index (χ0) is 15.4. The molecule has 0 saturated carbocycles. The Kier molecular flexibility index (Phi) is 5.45. The number of hydrogen-bond donors (Lipinski definition) is 1. The van der Waals surface area contributed by atoms with Crippen molar-refractivity contribution in [2.24, 2.45) is 0 Å². The second-order valence-corrected chi connectivity index (χ2v) is 5.64. The Morgan fingerprint density at radius 3 is 2.81 bits per heavy atom. The lowest BCUT2D eigenvalue weighted by Gasteiger charge is -2.25. The van der Waals surface area contributed by atoms with E-state index in [9.17, 15) is 9.59 Å². The van der Waals surface area contributed by atoms with Crippen LogP contribution < -0.4 is 0 Å². The fourth-order valence-electron chi connectivity index (χ4n) is 2.47. The minimum atomic E-state index is -1.10. The summed E-state index contributed by atoms with van der Waals surface area (Å²) in [7, 11) is 0. The Hall–Kier alpha value is -1.30. The summed E-state index contributed by atoms with van der Waals surface area (Å²) in [5.41, 5.74) is 0.813. The van der Waals surface area contributed by atoms with Crippen molar-refractivity contribution in [1.82, 2.24) is 4.90 Å². The van der Waals surface area contributed by atoms with Gasteiger partial charge in [-0.15, -0.1) is 0 Å². The average molecular weight is 332 g/mol. The van der Waals surface area contributed by atoms with Gasteiger partial charge in [-0.1, -0.05) is 23.2 Å². The van der Waals surface area contributed by atoms with Crippen LogP contribution in [-0.4, -0.2) is 41.6 Å². The van der Waals surface area contributed by atoms with Crippen molar-refractivity contribution >= 4 is 35.1 Å². The number of benzene rings is 1. The molecule has 1 aliphatic rings. The third kappa shape index (κ3) is 4.09. The maximum absolute atomic E-state index is 12.1. The van der Waals surface area contributed by atoms with Gasteiger partial charge in [0.15, 0.2) is 0 Å². The van der Waals surface area contributed by atoms with E-state index >= 15 is 0 Å². The van der Waals surface area contributed by atoms with Gasteiger partial charge >= 0.3 is 5.97 Å². The molecule has 1 aromatic carbocycles. The molecule has 21 heavy (non-hydrogen) atoms. The summed E-state index contributed by atoms with van der Waals surface area (Å²) >= 11 is 12.2. The first-order valence-corrected chi connectivity index (χ1v) is 7.28. The highest BCUT2D eigenvalue weighted by Crippen LogP contribution is 2.37. The van der Waals surface area contributed by atoms with E-state index in [1.807, 2.05) is 0 Å². The number of ether oxygens (including phenoxy) is 1. The van der Waals surface area contributed by atoms with Crippen LogP contribution in [0, 0.1) is 0 Å². The molecule has 0 radical (unpaired) electrons. The molecule has 5 nitrogen and oxygen atoms in total. The van der Waals surface area contributed by atoms with Gasteiger partial charge in [-0.25, -0.2) is 4.79 Å². The second-order valence-electron chi connectivity index (χ2n) is 4.80. The van der Waals surface area contributed by atoms with Gasteiger partial charge in [-0.05, 0) is 36.6 Å². The molecule has 1 fully saturated rings. The average Bonchev–Trinajstić information content (AvgIpc) is 2.90. The van der Waals surface area contributed by atoms with Crippen LogP contribution in [0.15, 0.2) is 18.2 Å². The summed E-state index contributed by atoms with van der Waals surface area (Å²) in [5.74, 6) is -1.34. The molecule has 0 aliphatic carbocycles. The van der Waals surface area contributed by atoms with Crippen LogP contribution in [0.3, 0.4) is 0 Å². The van der Waals surface area contributed by atoms with Crippen LogP contribution in [0.4, 0.5) is 0 Å². The number of carbonyl (C=O) groups is 2. The number of amides is 1. The molecule has 114 valence electrons. The van der Waals surface area contributed by atoms with E-state index in [0.717, 1.165) is 18.4 Å². The van der Waals surface area contributed by atoms with Gasteiger partial charge in [0, 0.05) is 16.6 Å². The molecule has 1 unspecified atom stereocenters. The van der Waals surface area contributed by atoms with Crippen LogP contribution in [0.1, 0.15) is 24.4 Å². The first kappa shape index (κ1) is 16.1. The van der Waals surface area contributed by atoms with Gasteiger partial charge in [0.2, 0.25) is 5.91 Å². The summed E-state index contributed by atoms with van der Waals surface area (Å²) < 4.78 is 4.86. The zero-order valence-corrected chi connectivity index (χ0v) is 12.7. The Labute approximate surface area is 132 Å². The molecule has 7 heteroatoms. The SMILES string of the molecule is O=C(O)COCC(=O)N1CCCC1c1cc(Cl)ccc1Cl. The number of carboxylic acid groups (broad SMARTS) is 1. The lowest BCUT2D eigenvalue weighted by atomic mass is 10.0. The molecule has 1 N–H and O–H groups in total. The van der Waals surface area contributed by atoms with Gasteiger partial charge in [0.05, 0.1) is 6.04 Å². The van der Waals surface area contributed by atoms with Crippen LogP contribution in [0.25, 0.3) is 0 Å². The summed E-state index contributed by atoms with van der Waals surface area (Å²) in [6.07, 6.45) is 1.66. The molecule has 0 spiro atoms. The van der Waals surface area contributed by atoms with Gasteiger partial charge in [0.25, 0.3) is 0 Å². The summed E-state index contributed by atoms with van der Waals surface area (Å²) in [6, 6.07) is 5.03. The quantitative estimate of drug-likeness (QED) is 0.900. The van der Waals surface area contributed by atoms with E-state index in [1.165, 1.54) is 0 Å². The maximum Gasteiger partial charge on any atom is 0.329 e. The standard InChI is InChI=1S/C14H15Cl2NO4/c15-9-3-4-11(16)10(6-9)12-2-1-5-17(12)13(18)7-21-8-14(19)20/h3-4,6,12H,1-2,5,7-8H2,(H,19,20). The van der Waals surface area contributed by atoms with Crippen molar-refractivity contribution < 1.29 is 19.4 Å². The molecule has 0 bridgehead atoms. The number of carboxylic acids is 1. The predicted molar refractivity (Wildman–Crippen MR) is 78.6 cm³/mol. The highest BCUT2D eigenvalue weighted by Gasteiger charge is 2.31. The van der Waals surface area contributed by atoms with Gasteiger partial charge in [-0.2, -0.15) is 0 Å². The highest BCUT2D eigenvalue weighted by atomic mass is 35.5. The lowest BCUT2D eigenvalue weighted by Crippen LogP contribution is -2.34. The molecular weight excluding hydrogens is 317 g/mol. The third-order valence-corrected chi connectivity index (χ3v) is 3.92. The highest BCUT2D eigenvalue weighted by molar-refractivity contribution is 6.33. The topological polar surface area (TPSA) is 66.8 Å². The Morgan fingerprint density at radius 1 is 1.33 bits per heavy atom. The van der Waals surface area contributed by atoms with Crippen molar-refractivity contribution in [2.45, 2.75) is 18.9 Å². The second kappa shape index (κ2) is 7.11. The Morgan fingerprint density at radius 2 is 2.10 bits per heavy atom. The Balaban J connectivity index is 2.07. The number of halogens is 2. The monoisotopic (exact) mass is 331 g/mol. The van der Waals surface area contributed by atoms with E-state index in [0.29, 0.717) is 16.6 Å². The van der Waals surface area contributed by atoms with Crippen LogP contribution in [-0.2, 0) is 14.3 Å². The van der Waals surface area contributed by atoms with Crippen molar-refractivity contribution in [3.63, 3.8) is 0 Å². The van der Waals surface area contributed by atoms with Crippen LogP contribution in [0.5, 0.6) is 0 Å². The van der Waals surface area contributed by atoms with E-state index in [2.05, 4.69) is 0 Å². The van der Waals surface area contributed by atoms with Crippen LogP contribution >= 0.6 is 23.2 Å². The van der Waals surface area contributed by atoms with E-state index in [-0.39, 0.29) is 18.6 Å². The molecule has 1 aliphatic heterocycles. The largest absolute Gasteiger partial charge is 0.480 e. The van der Waals surface area contributed by atoms with E-state index in [1.54, 1.807) is 23.1 Å². The van der Waals surface area contributed by atoms with Gasteiger partial charge in [0.1, 0.15) is 13.2 Å². The number of rotatable bonds is 5. The summed E-state index contributed by atoms with van der Waals surface area (Å²) in [6.45, 7) is -0.133. The maximum atomic E-state index is 12.1. The predicted octanol–water partition coefficient (Wildman–Crippen LogP) is 2.76. The zero-order valence-electron chi connectivity index (χ0n) is 11.2. The molecule has 1 aromatic rings. The smallest absolute Gasteiger partial charge is 0.329 e. The van der Waals surface area contributed by atoms with E-state index in [4.69, 9.17) is 33.0 Å². The number of likely N-dealkylation sites (tertiary alicyclic amines) is 1. The molecule has 1 atom stereocenters. The fourth-order valence-corrected chi connectivity index (χ4v) is 2.89. The van der Waals surface area contributed by atoms with Crippen molar-refractivity contribution in [3.05, 3.63) is 33.8 Å². The number of nitrogens with zero attached hydrogens (tertiary/aromatic N) is 1. The van der Waals surface area contributed by atoms with Crippen molar-refractivity contribution in [1.29, 1.82) is 0 Å². The fraction of sp³-hybridized carbons (Fsp3) is 0.429. The molecular formula is C14H15Cl2NO4.